The molecule has 0 saturated heterocycles. The van der Waals surface area contributed by atoms with E-state index in [-0.39, 0.29) is 0 Å². The van der Waals surface area contributed by atoms with Crippen molar-refractivity contribution in [1.29, 1.82) is 0 Å². The number of nitrogens with one attached hydrogen (secondary N) is 2. The lowest BCUT2D eigenvalue weighted by Gasteiger charge is -2.10. The Bertz CT molecular complexity index is 865. The van der Waals surface area contributed by atoms with E-state index in [2.05, 4.69) is 15.8 Å². The first kappa shape index (κ1) is 23.5. The second-order valence-corrected chi connectivity index (χ2v) is 8.19. The summed E-state index contributed by atoms with van der Waals surface area (Å²) in [6.07, 6.45) is 12.8. The van der Waals surface area contributed by atoms with Crippen molar-refractivity contribution in [1.82, 2.24) is 5.43 Å². The highest BCUT2D eigenvalue weighted by Gasteiger charge is 2.14. The van der Waals surface area contributed by atoms with Crippen LogP contribution in [0.1, 0.15) is 70.6 Å². The Kier molecular flexibility index (Phi) is 9.77. The minimum Gasteiger partial charge on any atom is -0.457 e. The molecule has 0 aliphatic heterocycles. The number of amides is 2. The standard InChI is InChI=1S/C26H33N3O3/c30-25(27-21-17-19-24(20-18-21)32-23-15-11-8-12-16-23)26(31)29-28-22-13-9-6-4-2-1-3-5-7-10-14-22/h8,11-12,15-20H,1-7,9-10,13-14H2,(H,27,30)(H,29,31). The van der Waals surface area contributed by atoms with Crippen LogP contribution in [0.5, 0.6) is 11.5 Å². The van der Waals surface area contributed by atoms with Crippen molar-refractivity contribution >= 4 is 23.2 Å². The molecule has 32 heavy (non-hydrogen) atoms. The zero-order valence-electron chi connectivity index (χ0n) is 18.6. The van der Waals surface area contributed by atoms with Crippen LogP contribution in [-0.2, 0) is 9.59 Å². The van der Waals surface area contributed by atoms with Gasteiger partial charge in [0.1, 0.15) is 11.5 Å². The van der Waals surface area contributed by atoms with E-state index in [0.717, 1.165) is 37.1 Å². The second-order valence-electron chi connectivity index (χ2n) is 8.19. The van der Waals surface area contributed by atoms with Gasteiger partial charge in [0.15, 0.2) is 0 Å². The first-order valence-corrected chi connectivity index (χ1v) is 11.7. The van der Waals surface area contributed by atoms with E-state index in [1.165, 1.54) is 44.9 Å². The molecule has 0 aromatic heterocycles. The molecule has 2 N–H and O–H groups in total. The smallest absolute Gasteiger partial charge is 0.329 e. The van der Waals surface area contributed by atoms with Crippen LogP contribution in [0.15, 0.2) is 59.7 Å². The van der Waals surface area contributed by atoms with Crippen LogP contribution < -0.4 is 15.5 Å². The average molecular weight is 436 g/mol. The van der Waals surface area contributed by atoms with Crippen LogP contribution in [0.25, 0.3) is 0 Å². The molecule has 2 aromatic rings. The molecular formula is C26H33N3O3. The van der Waals surface area contributed by atoms with Gasteiger partial charge < -0.3 is 10.1 Å². The normalized spacial score (nSPS) is 15.6. The summed E-state index contributed by atoms with van der Waals surface area (Å²) in [4.78, 5) is 24.5. The van der Waals surface area contributed by atoms with E-state index in [1.807, 2.05) is 30.3 Å². The number of ether oxygens (including phenoxy) is 1. The third kappa shape index (κ3) is 8.53. The number of carbonyl (C=O) groups is 2. The fourth-order valence-corrected chi connectivity index (χ4v) is 3.73. The highest BCUT2D eigenvalue weighted by Crippen LogP contribution is 2.22. The van der Waals surface area contributed by atoms with E-state index in [9.17, 15) is 9.59 Å². The molecule has 2 aromatic carbocycles. The summed E-state index contributed by atoms with van der Waals surface area (Å²) >= 11 is 0. The van der Waals surface area contributed by atoms with E-state index in [1.54, 1.807) is 24.3 Å². The van der Waals surface area contributed by atoms with Gasteiger partial charge in [0.05, 0.1) is 0 Å². The lowest BCUT2D eigenvalue weighted by atomic mass is 10.00. The fraction of sp³-hybridized carbons (Fsp3) is 0.423. The number of anilines is 1. The fourth-order valence-electron chi connectivity index (χ4n) is 3.73. The Morgan fingerprint density at radius 1 is 0.656 bits per heavy atom. The number of carbonyl (C=O) groups excluding carboxylic acids is 2. The highest BCUT2D eigenvalue weighted by atomic mass is 16.5. The molecule has 0 radical (unpaired) electrons. The van der Waals surface area contributed by atoms with Crippen molar-refractivity contribution in [2.75, 3.05) is 5.32 Å². The average Bonchev–Trinajstić information content (AvgIpc) is 2.80. The Labute approximate surface area is 190 Å². The van der Waals surface area contributed by atoms with Crippen LogP contribution in [0.3, 0.4) is 0 Å². The number of benzene rings is 2. The van der Waals surface area contributed by atoms with Crippen LogP contribution in [-0.4, -0.2) is 17.5 Å². The van der Waals surface area contributed by atoms with Gasteiger partial charge in [0.2, 0.25) is 0 Å². The van der Waals surface area contributed by atoms with Crippen molar-refractivity contribution < 1.29 is 14.3 Å². The Morgan fingerprint density at radius 3 is 1.78 bits per heavy atom. The number of para-hydroxylation sites is 1. The largest absolute Gasteiger partial charge is 0.457 e. The van der Waals surface area contributed by atoms with Gasteiger partial charge in [0, 0.05) is 11.4 Å². The summed E-state index contributed by atoms with van der Waals surface area (Å²) in [6, 6.07) is 16.3. The summed E-state index contributed by atoms with van der Waals surface area (Å²) in [5.41, 5.74) is 3.94. The molecule has 0 bridgehead atoms. The molecule has 0 heterocycles. The van der Waals surface area contributed by atoms with Gasteiger partial charge in [-0.3, -0.25) is 9.59 Å². The zero-order valence-corrected chi connectivity index (χ0v) is 18.6. The monoisotopic (exact) mass is 435 g/mol. The summed E-state index contributed by atoms with van der Waals surface area (Å²) in [6.45, 7) is 0. The number of rotatable bonds is 4. The maximum atomic E-state index is 12.2. The quantitative estimate of drug-likeness (QED) is 0.443. The van der Waals surface area contributed by atoms with Crippen molar-refractivity contribution in [3.8, 4) is 11.5 Å². The number of hydrogen-bond acceptors (Lipinski definition) is 4. The summed E-state index contributed by atoms with van der Waals surface area (Å²) in [7, 11) is 0. The van der Waals surface area contributed by atoms with Gasteiger partial charge in [-0.2, -0.15) is 5.10 Å². The predicted octanol–water partition coefficient (Wildman–Crippen LogP) is 6.19. The summed E-state index contributed by atoms with van der Waals surface area (Å²) < 4.78 is 5.73. The number of hydrogen-bond donors (Lipinski definition) is 2. The maximum absolute atomic E-state index is 12.2. The van der Waals surface area contributed by atoms with Gasteiger partial charge in [-0.05, 0) is 62.1 Å². The molecule has 0 atom stereocenters. The van der Waals surface area contributed by atoms with Gasteiger partial charge in [-0.25, -0.2) is 5.43 Å². The van der Waals surface area contributed by atoms with Crippen LogP contribution in [0.2, 0.25) is 0 Å². The lowest BCUT2D eigenvalue weighted by molar-refractivity contribution is -0.136. The summed E-state index contributed by atoms with van der Waals surface area (Å²) in [5.74, 6) is -0.116. The second kappa shape index (κ2) is 13.3. The maximum Gasteiger partial charge on any atom is 0.329 e. The predicted molar refractivity (Wildman–Crippen MR) is 128 cm³/mol. The van der Waals surface area contributed by atoms with Gasteiger partial charge >= 0.3 is 11.8 Å². The van der Waals surface area contributed by atoms with E-state index in [4.69, 9.17) is 4.74 Å². The third-order valence-corrected chi connectivity index (χ3v) is 5.54. The molecule has 6 heteroatoms. The topological polar surface area (TPSA) is 79.8 Å². The molecule has 6 nitrogen and oxygen atoms in total. The van der Waals surface area contributed by atoms with E-state index in [0.29, 0.717) is 11.4 Å². The van der Waals surface area contributed by atoms with Crippen molar-refractivity contribution in [2.24, 2.45) is 5.10 Å². The zero-order chi connectivity index (χ0) is 22.4. The molecule has 0 spiro atoms. The van der Waals surface area contributed by atoms with Crippen molar-refractivity contribution in [3.63, 3.8) is 0 Å². The third-order valence-electron chi connectivity index (χ3n) is 5.54. The van der Waals surface area contributed by atoms with Crippen molar-refractivity contribution in [2.45, 2.75) is 70.6 Å². The molecule has 1 aliphatic rings. The Morgan fingerprint density at radius 2 is 1.19 bits per heavy atom. The summed E-state index contributed by atoms with van der Waals surface area (Å²) in [5, 5.41) is 6.87. The lowest BCUT2D eigenvalue weighted by Crippen LogP contribution is -2.33. The Balaban J connectivity index is 1.48. The van der Waals surface area contributed by atoms with Crippen LogP contribution in [0, 0.1) is 0 Å². The van der Waals surface area contributed by atoms with Crippen LogP contribution >= 0.6 is 0 Å². The van der Waals surface area contributed by atoms with Crippen molar-refractivity contribution in [3.05, 3.63) is 54.6 Å². The molecule has 2 amide bonds. The number of hydrazone groups is 1. The van der Waals surface area contributed by atoms with E-state index >= 15 is 0 Å². The van der Waals surface area contributed by atoms with E-state index < -0.39 is 11.8 Å². The molecular weight excluding hydrogens is 402 g/mol. The SMILES string of the molecule is O=C(NN=C1CCCCCCCCCCC1)C(=O)Nc1ccc(Oc2ccccc2)cc1. The van der Waals surface area contributed by atoms with Gasteiger partial charge in [0.25, 0.3) is 0 Å². The highest BCUT2D eigenvalue weighted by molar-refractivity contribution is 6.39. The molecule has 3 rings (SSSR count). The minimum absolute atomic E-state index is 0.518. The van der Waals surface area contributed by atoms with Crippen LogP contribution in [0.4, 0.5) is 5.69 Å². The van der Waals surface area contributed by atoms with Gasteiger partial charge in [-0.15, -0.1) is 0 Å². The molecule has 170 valence electrons. The molecule has 1 saturated carbocycles. The van der Waals surface area contributed by atoms with Gasteiger partial charge in [-0.1, -0.05) is 63.1 Å². The molecule has 0 unspecified atom stereocenters. The first-order valence-electron chi connectivity index (χ1n) is 11.7. The Hall–Kier alpha value is -3.15. The minimum atomic E-state index is -0.756. The number of nitrogens with zero attached hydrogens (tertiary/aromatic N) is 1. The molecule has 1 fully saturated rings. The first-order chi connectivity index (χ1) is 15.7. The molecule has 1 aliphatic carbocycles.